The fraction of sp³-hybridized carbons (Fsp3) is 0.625. The normalized spacial score (nSPS) is 13.0. The van der Waals surface area contributed by atoms with E-state index in [0.29, 0.717) is 6.04 Å². The van der Waals surface area contributed by atoms with Crippen LogP contribution in [0.3, 0.4) is 0 Å². The summed E-state index contributed by atoms with van der Waals surface area (Å²) in [6.07, 6.45) is -0.513. The van der Waals surface area contributed by atoms with Crippen LogP contribution in [0.15, 0.2) is 22.7 Å². The zero-order valence-electron chi connectivity index (χ0n) is 13.2. The zero-order valence-corrected chi connectivity index (χ0v) is 14.8. The summed E-state index contributed by atoms with van der Waals surface area (Å²) in [5.74, 6) is 0.729. The van der Waals surface area contributed by atoms with E-state index in [9.17, 15) is 5.11 Å². The maximum Gasteiger partial charge on any atom is 0.133 e. The molecule has 0 saturated heterocycles. The zero-order chi connectivity index (χ0) is 15.8. The van der Waals surface area contributed by atoms with Crippen LogP contribution in [-0.4, -0.2) is 36.6 Å². The summed E-state index contributed by atoms with van der Waals surface area (Å²) in [7, 11) is 0. The molecule has 1 aromatic carbocycles. The molecule has 1 rings (SSSR count). The van der Waals surface area contributed by atoms with Crippen LogP contribution in [0.1, 0.15) is 33.3 Å². The first-order valence-electron chi connectivity index (χ1n) is 7.32. The summed E-state index contributed by atoms with van der Waals surface area (Å²) in [6.45, 7) is 9.43. The molecule has 4 nitrogen and oxygen atoms in total. The smallest absolute Gasteiger partial charge is 0.133 e. The van der Waals surface area contributed by atoms with Crippen LogP contribution in [0, 0.1) is 0 Å². The van der Waals surface area contributed by atoms with Gasteiger partial charge >= 0.3 is 0 Å². The minimum Gasteiger partial charge on any atom is -0.490 e. The fourth-order valence-electron chi connectivity index (χ4n) is 1.63. The predicted molar refractivity (Wildman–Crippen MR) is 88.7 cm³/mol. The summed E-state index contributed by atoms with van der Waals surface area (Å²) in [5, 5.41) is 13.1. The highest BCUT2D eigenvalue weighted by Gasteiger charge is 2.09. The minimum absolute atomic E-state index is 0.110. The second-order valence-corrected chi connectivity index (χ2v) is 6.50. The topological polar surface area (TPSA) is 50.7 Å². The van der Waals surface area contributed by atoms with Crippen molar-refractivity contribution in [2.75, 3.05) is 13.2 Å². The molecule has 0 fully saturated rings. The Hall–Kier alpha value is -0.620. The molecular formula is C16H26BrNO3. The molecule has 2 N–H and O–H groups in total. The first-order chi connectivity index (χ1) is 9.88. The van der Waals surface area contributed by atoms with Crippen LogP contribution < -0.4 is 10.1 Å². The molecule has 0 aliphatic carbocycles. The van der Waals surface area contributed by atoms with Crippen molar-refractivity contribution < 1.29 is 14.6 Å². The molecule has 0 amide bonds. The van der Waals surface area contributed by atoms with Crippen molar-refractivity contribution in [1.29, 1.82) is 0 Å². The molecule has 1 aromatic rings. The van der Waals surface area contributed by atoms with Crippen LogP contribution in [0.2, 0.25) is 0 Å². The van der Waals surface area contributed by atoms with Crippen molar-refractivity contribution in [3.63, 3.8) is 0 Å². The van der Waals surface area contributed by atoms with Gasteiger partial charge in [0.1, 0.15) is 18.5 Å². The van der Waals surface area contributed by atoms with Crippen LogP contribution >= 0.6 is 15.9 Å². The average molecular weight is 360 g/mol. The van der Waals surface area contributed by atoms with Crippen LogP contribution in [0.4, 0.5) is 0 Å². The number of halogens is 1. The van der Waals surface area contributed by atoms with Crippen molar-refractivity contribution in [3.8, 4) is 5.75 Å². The number of hydrogen-bond acceptors (Lipinski definition) is 4. The van der Waals surface area contributed by atoms with E-state index in [4.69, 9.17) is 9.47 Å². The Balaban J connectivity index is 2.45. The molecule has 0 aliphatic heterocycles. The number of aliphatic hydroxyl groups is 1. The lowest BCUT2D eigenvalue weighted by atomic mass is 10.2. The van der Waals surface area contributed by atoms with Gasteiger partial charge in [-0.05, 0) is 47.5 Å². The lowest BCUT2D eigenvalue weighted by Crippen LogP contribution is -2.25. The molecule has 0 bridgehead atoms. The maximum absolute atomic E-state index is 9.77. The highest BCUT2D eigenvalue weighted by atomic mass is 79.9. The second-order valence-electron chi connectivity index (χ2n) is 5.65. The molecule has 1 unspecified atom stereocenters. The summed E-state index contributed by atoms with van der Waals surface area (Å²) >= 11 is 3.50. The molecule has 0 saturated carbocycles. The number of aliphatic hydroxyl groups excluding tert-OH is 1. The third kappa shape index (κ3) is 7.81. The van der Waals surface area contributed by atoms with Gasteiger partial charge in [0.05, 0.1) is 17.2 Å². The van der Waals surface area contributed by atoms with E-state index in [-0.39, 0.29) is 19.3 Å². The quantitative estimate of drug-likeness (QED) is 0.711. The van der Waals surface area contributed by atoms with Crippen molar-refractivity contribution in [1.82, 2.24) is 5.32 Å². The van der Waals surface area contributed by atoms with E-state index < -0.39 is 6.10 Å². The lowest BCUT2D eigenvalue weighted by Gasteiger charge is -2.16. The Kier molecular flexibility index (Phi) is 8.26. The Morgan fingerprint density at radius 1 is 1.19 bits per heavy atom. The van der Waals surface area contributed by atoms with E-state index in [2.05, 4.69) is 35.1 Å². The summed E-state index contributed by atoms with van der Waals surface area (Å²) in [5.41, 5.74) is 1.19. The Bertz CT molecular complexity index is 424. The van der Waals surface area contributed by atoms with Gasteiger partial charge in [0.15, 0.2) is 0 Å². The van der Waals surface area contributed by atoms with E-state index in [1.807, 2.05) is 32.0 Å². The van der Waals surface area contributed by atoms with Crippen LogP contribution in [-0.2, 0) is 11.3 Å². The first-order valence-corrected chi connectivity index (χ1v) is 8.12. The highest BCUT2D eigenvalue weighted by molar-refractivity contribution is 9.10. The molecule has 5 heteroatoms. The van der Waals surface area contributed by atoms with Crippen molar-refractivity contribution in [2.45, 2.75) is 52.5 Å². The fourth-order valence-corrected chi connectivity index (χ4v) is 2.17. The maximum atomic E-state index is 9.77. The largest absolute Gasteiger partial charge is 0.490 e. The van der Waals surface area contributed by atoms with Crippen molar-refractivity contribution in [2.24, 2.45) is 0 Å². The average Bonchev–Trinajstić information content (AvgIpc) is 2.41. The molecule has 1 atom stereocenters. The number of ether oxygens (including phenoxy) is 2. The first kappa shape index (κ1) is 18.4. The van der Waals surface area contributed by atoms with Gasteiger partial charge in [-0.25, -0.2) is 0 Å². The van der Waals surface area contributed by atoms with Crippen molar-refractivity contribution in [3.05, 3.63) is 28.2 Å². The summed E-state index contributed by atoms with van der Waals surface area (Å²) < 4.78 is 11.9. The standard InChI is InChI=1S/C16H26BrNO3/c1-11(2)18-8-13-5-6-16(15(17)7-13)21-10-14(19)9-20-12(3)4/h5-7,11-12,14,18-19H,8-10H2,1-4H3. The molecule has 0 aromatic heterocycles. The molecule has 21 heavy (non-hydrogen) atoms. The minimum atomic E-state index is -0.624. The lowest BCUT2D eigenvalue weighted by molar-refractivity contribution is -0.0123. The van der Waals surface area contributed by atoms with Gasteiger partial charge in [0.2, 0.25) is 0 Å². The van der Waals surface area contributed by atoms with Gasteiger partial charge in [0.25, 0.3) is 0 Å². The Morgan fingerprint density at radius 3 is 2.48 bits per heavy atom. The molecular weight excluding hydrogens is 334 g/mol. The van der Waals surface area contributed by atoms with Gasteiger partial charge in [-0.3, -0.25) is 0 Å². The SMILES string of the molecule is CC(C)NCc1ccc(OCC(O)COC(C)C)c(Br)c1. The van der Waals surface area contributed by atoms with E-state index in [1.54, 1.807) is 0 Å². The number of nitrogens with one attached hydrogen (secondary N) is 1. The van der Waals surface area contributed by atoms with E-state index >= 15 is 0 Å². The Morgan fingerprint density at radius 2 is 1.90 bits per heavy atom. The van der Waals surface area contributed by atoms with Crippen LogP contribution in [0.25, 0.3) is 0 Å². The Labute approximate surface area is 136 Å². The van der Waals surface area contributed by atoms with Crippen LogP contribution in [0.5, 0.6) is 5.75 Å². The van der Waals surface area contributed by atoms with Crippen molar-refractivity contribution >= 4 is 15.9 Å². The van der Waals surface area contributed by atoms with Gasteiger partial charge in [0, 0.05) is 12.6 Å². The molecule has 0 heterocycles. The van der Waals surface area contributed by atoms with Gasteiger partial charge in [-0.1, -0.05) is 19.9 Å². The summed E-state index contributed by atoms with van der Waals surface area (Å²) in [6, 6.07) is 6.42. The van der Waals surface area contributed by atoms with E-state index in [1.165, 1.54) is 5.56 Å². The predicted octanol–water partition coefficient (Wildman–Crippen LogP) is 3.11. The second kappa shape index (κ2) is 9.41. The highest BCUT2D eigenvalue weighted by Crippen LogP contribution is 2.26. The summed E-state index contributed by atoms with van der Waals surface area (Å²) in [4.78, 5) is 0. The monoisotopic (exact) mass is 359 g/mol. The van der Waals surface area contributed by atoms with Gasteiger partial charge in [-0.15, -0.1) is 0 Å². The van der Waals surface area contributed by atoms with E-state index in [0.717, 1.165) is 16.8 Å². The molecule has 0 spiro atoms. The number of rotatable bonds is 9. The molecule has 0 radical (unpaired) electrons. The third-order valence-corrected chi connectivity index (χ3v) is 3.38. The molecule has 120 valence electrons. The third-order valence-electron chi connectivity index (χ3n) is 2.76. The van der Waals surface area contributed by atoms with Gasteiger partial charge < -0.3 is 19.9 Å². The number of hydrogen-bond donors (Lipinski definition) is 2. The number of benzene rings is 1. The molecule has 0 aliphatic rings. The van der Waals surface area contributed by atoms with Gasteiger partial charge in [-0.2, -0.15) is 0 Å².